The molecule has 0 radical (unpaired) electrons. The van der Waals surface area contributed by atoms with Gasteiger partial charge >= 0.3 is 5.97 Å². The molecule has 0 spiro atoms. The molecular weight excluding hydrogens is 364 g/mol. The lowest BCUT2D eigenvalue weighted by Crippen LogP contribution is -2.03. The van der Waals surface area contributed by atoms with Crippen LogP contribution in [-0.4, -0.2) is 33.1 Å². The smallest absolute Gasteiger partial charge is 0.308 e. The summed E-state index contributed by atoms with van der Waals surface area (Å²) in [5, 5.41) is 0. The fourth-order valence-corrected chi connectivity index (χ4v) is 3.01. The van der Waals surface area contributed by atoms with E-state index in [9.17, 15) is 9.59 Å². The van der Waals surface area contributed by atoms with Crippen LogP contribution in [0.25, 0.3) is 6.08 Å². The number of fused-ring (bicyclic) bond motifs is 1. The molecule has 0 bridgehead atoms. The summed E-state index contributed by atoms with van der Waals surface area (Å²) >= 11 is 0. The largest absolute Gasteiger partial charge is 0.493 e. The van der Waals surface area contributed by atoms with Crippen molar-refractivity contribution in [2.24, 2.45) is 0 Å². The number of Topliss-reactive ketones (excluding diaryl/α,β-unsaturated/α-hetero) is 1. The van der Waals surface area contributed by atoms with E-state index in [1.807, 2.05) is 0 Å². The Morgan fingerprint density at radius 2 is 1.64 bits per heavy atom. The van der Waals surface area contributed by atoms with E-state index in [4.69, 9.17) is 23.7 Å². The molecule has 1 aliphatic rings. The van der Waals surface area contributed by atoms with Crippen LogP contribution in [0.4, 0.5) is 0 Å². The van der Waals surface area contributed by atoms with Gasteiger partial charge in [0.05, 0.1) is 26.9 Å². The lowest BCUT2D eigenvalue weighted by Gasteiger charge is -2.14. The lowest BCUT2D eigenvalue weighted by molar-refractivity contribution is -0.131. The first-order valence-electron chi connectivity index (χ1n) is 8.46. The minimum absolute atomic E-state index is 0.128. The van der Waals surface area contributed by atoms with Gasteiger partial charge in [-0.1, -0.05) is 0 Å². The third-order valence-corrected chi connectivity index (χ3v) is 4.31. The van der Waals surface area contributed by atoms with Crippen LogP contribution in [0.1, 0.15) is 28.4 Å². The van der Waals surface area contributed by atoms with Crippen LogP contribution in [0.5, 0.6) is 28.7 Å². The molecule has 7 heteroatoms. The number of benzene rings is 2. The van der Waals surface area contributed by atoms with Gasteiger partial charge in [-0.05, 0) is 37.3 Å². The van der Waals surface area contributed by atoms with E-state index < -0.39 is 5.97 Å². The predicted molar refractivity (Wildman–Crippen MR) is 102 cm³/mol. The first kappa shape index (κ1) is 19.3. The van der Waals surface area contributed by atoms with Crippen molar-refractivity contribution in [3.63, 3.8) is 0 Å². The zero-order valence-electron chi connectivity index (χ0n) is 16.2. The highest BCUT2D eigenvalue weighted by atomic mass is 16.5. The van der Waals surface area contributed by atoms with Crippen molar-refractivity contribution in [1.82, 2.24) is 0 Å². The Bertz CT molecular complexity index is 989. The van der Waals surface area contributed by atoms with Gasteiger partial charge in [0.1, 0.15) is 11.5 Å². The summed E-state index contributed by atoms with van der Waals surface area (Å²) in [7, 11) is 4.53. The van der Waals surface area contributed by atoms with Crippen LogP contribution in [-0.2, 0) is 4.79 Å². The Labute approximate surface area is 162 Å². The third kappa shape index (κ3) is 3.26. The Morgan fingerprint density at radius 3 is 2.25 bits per heavy atom. The van der Waals surface area contributed by atoms with Gasteiger partial charge in [-0.25, -0.2) is 0 Å². The van der Waals surface area contributed by atoms with Crippen LogP contribution in [0.3, 0.4) is 0 Å². The maximum atomic E-state index is 12.8. The van der Waals surface area contributed by atoms with Crippen molar-refractivity contribution in [1.29, 1.82) is 0 Å². The van der Waals surface area contributed by atoms with Crippen molar-refractivity contribution in [2.75, 3.05) is 21.3 Å². The molecule has 0 amide bonds. The fourth-order valence-electron chi connectivity index (χ4n) is 3.01. The van der Waals surface area contributed by atoms with Crippen LogP contribution >= 0.6 is 0 Å². The lowest BCUT2D eigenvalue weighted by atomic mass is 10.1. The van der Waals surface area contributed by atoms with Gasteiger partial charge in [-0.3, -0.25) is 9.59 Å². The van der Waals surface area contributed by atoms with E-state index in [2.05, 4.69) is 0 Å². The average molecular weight is 384 g/mol. The fraction of sp³-hybridized carbons (Fsp3) is 0.238. The van der Waals surface area contributed by atoms with Crippen LogP contribution < -0.4 is 23.7 Å². The van der Waals surface area contributed by atoms with Gasteiger partial charge in [0.2, 0.25) is 11.5 Å². The Kier molecular flexibility index (Phi) is 5.26. The Morgan fingerprint density at radius 1 is 0.964 bits per heavy atom. The average Bonchev–Trinajstić information content (AvgIpc) is 2.99. The molecule has 1 aliphatic heterocycles. The zero-order valence-corrected chi connectivity index (χ0v) is 16.2. The van der Waals surface area contributed by atoms with Crippen LogP contribution in [0.15, 0.2) is 30.0 Å². The van der Waals surface area contributed by atoms with Crippen LogP contribution in [0.2, 0.25) is 0 Å². The number of hydrogen-bond donors (Lipinski definition) is 0. The second kappa shape index (κ2) is 7.64. The van der Waals surface area contributed by atoms with Gasteiger partial charge in [-0.2, -0.15) is 0 Å². The predicted octanol–water partition coefficient (Wildman–Crippen LogP) is 3.56. The number of esters is 1. The molecule has 0 atom stereocenters. The number of ketones is 1. The maximum absolute atomic E-state index is 12.8. The number of hydrogen-bond acceptors (Lipinski definition) is 7. The molecule has 1 heterocycles. The molecular formula is C21H20O7. The second-order valence-electron chi connectivity index (χ2n) is 6.02. The summed E-state index contributed by atoms with van der Waals surface area (Å²) in [6, 6.07) is 6.61. The van der Waals surface area contributed by atoms with Gasteiger partial charge in [-0.15, -0.1) is 0 Å². The maximum Gasteiger partial charge on any atom is 0.308 e. The number of rotatable bonds is 5. The number of carbonyl (C=O) groups excluding carboxylic acids is 2. The monoisotopic (exact) mass is 384 g/mol. The molecule has 0 N–H and O–H groups in total. The van der Waals surface area contributed by atoms with Crippen molar-refractivity contribution in [3.05, 3.63) is 46.7 Å². The van der Waals surface area contributed by atoms with Crippen molar-refractivity contribution < 1.29 is 33.3 Å². The minimum Gasteiger partial charge on any atom is -0.493 e. The molecule has 0 saturated carbocycles. The topological polar surface area (TPSA) is 80.3 Å². The summed E-state index contributed by atoms with van der Waals surface area (Å²) in [5.41, 5.74) is 1.57. The molecule has 3 rings (SSSR count). The van der Waals surface area contributed by atoms with Crippen molar-refractivity contribution in [3.8, 4) is 28.7 Å². The van der Waals surface area contributed by atoms with Crippen molar-refractivity contribution in [2.45, 2.75) is 13.8 Å². The van der Waals surface area contributed by atoms with Gasteiger partial charge in [0, 0.05) is 18.1 Å². The van der Waals surface area contributed by atoms with E-state index in [0.717, 1.165) is 0 Å². The minimum atomic E-state index is -0.446. The molecule has 0 aromatic heterocycles. The third-order valence-electron chi connectivity index (χ3n) is 4.31. The van der Waals surface area contributed by atoms with Gasteiger partial charge < -0.3 is 23.7 Å². The van der Waals surface area contributed by atoms with E-state index in [1.54, 1.807) is 37.3 Å². The number of methoxy groups -OCH3 is 3. The highest BCUT2D eigenvalue weighted by Crippen LogP contribution is 2.43. The molecule has 28 heavy (non-hydrogen) atoms. The first-order chi connectivity index (χ1) is 13.4. The van der Waals surface area contributed by atoms with Gasteiger partial charge in [0.15, 0.2) is 17.3 Å². The zero-order chi connectivity index (χ0) is 20.4. The first-order valence-corrected chi connectivity index (χ1v) is 8.46. The van der Waals surface area contributed by atoms with Crippen molar-refractivity contribution >= 4 is 17.8 Å². The Hall–Kier alpha value is -3.48. The van der Waals surface area contributed by atoms with Gasteiger partial charge in [0.25, 0.3) is 0 Å². The number of ether oxygens (including phenoxy) is 5. The molecule has 0 aliphatic carbocycles. The molecule has 2 aromatic carbocycles. The normalized spacial score (nSPS) is 13.8. The van der Waals surface area contributed by atoms with E-state index in [1.165, 1.54) is 28.3 Å². The molecule has 0 fully saturated rings. The summed E-state index contributed by atoms with van der Waals surface area (Å²) < 4.78 is 27.0. The van der Waals surface area contributed by atoms with E-state index in [0.29, 0.717) is 45.4 Å². The molecule has 7 nitrogen and oxygen atoms in total. The molecule has 2 aromatic rings. The number of allylic oxidation sites excluding steroid dienone is 1. The molecule has 0 saturated heterocycles. The summed E-state index contributed by atoms with van der Waals surface area (Å²) in [5.74, 6) is 1.46. The summed E-state index contributed by atoms with van der Waals surface area (Å²) in [6.45, 7) is 3.04. The SMILES string of the molecule is COc1ccc(/C=C2\Oc3c(ccc(OC(C)=O)c3C)C2=O)c(OC)c1OC. The second-order valence-corrected chi connectivity index (χ2v) is 6.02. The summed E-state index contributed by atoms with van der Waals surface area (Å²) in [4.78, 5) is 24.0. The van der Waals surface area contributed by atoms with E-state index >= 15 is 0 Å². The molecule has 0 unspecified atom stereocenters. The highest BCUT2D eigenvalue weighted by molar-refractivity contribution is 6.15. The molecule has 146 valence electrons. The Balaban J connectivity index is 2.04. The van der Waals surface area contributed by atoms with E-state index in [-0.39, 0.29) is 11.5 Å². The van der Waals surface area contributed by atoms with Crippen LogP contribution in [0, 0.1) is 6.92 Å². The highest BCUT2D eigenvalue weighted by Gasteiger charge is 2.31. The summed E-state index contributed by atoms with van der Waals surface area (Å²) in [6.07, 6.45) is 1.58. The number of carbonyl (C=O) groups is 2. The standard InChI is InChI=1S/C21H20O7/c1-11-15(27-12(2)22)9-7-14-18(23)17(28-19(11)14)10-13-6-8-16(24-3)21(26-5)20(13)25-4/h6-10H,1-5H3/b17-10-. The quantitative estimate of drug-likeness (QED) is 0.443.